The number of rotatable bonds is 6. The summed E-state index contributed by atoms with van der Waals surface area (Å²) in [5, 5.41) is 8.42. The van der Waals surface area contributed by atoms with Gasteiger partial charge in [-0.15, -0.1) is 0 Å². The minimum atomic E-state index is 0.185. The lowest BCUT2D eigenvalue weighted by Crippen LogP contribution is -1.85. The van der Waals surface area contributed by atoms with Crippen molar-refractivity contribution >= 4 is 0 Å². The maximum Gasteiger partial charge on any atom is 0.0612 e. The molecule has 0 spiro atoms. The molecule has 0 fully saturated rings. The van der Waals surface area contributed by atoms with E-state index in [1.807, 2.05) is 6.08 Å². The lowest BCUT2D eigenvalue weighted by Gasteiger charge is -2.01. The quantitative estimate of drug-likeness (QED) is 0.463. The first-order valence-electron chi connectivity index (χ1n) is 4.53. The summed E-state index contributed by atoms with van der Waals surface area (Å²) in [6.45, 7) is 4.69. The highest BCUT2D eigenvalue weighted by Gasteiger charge is 1.91. The Balaban J connectivity index is 2.96. The van der Waals surface area contributed by atoms with Crippen molar-refractivity contribution < 1.29 is 5.11 Å². The third-order valence-corrected chi connectivity index (χ3v) is 1.67. The second-order valence-electron chi connectivity index (χ2n) is 3.33. The smallest absolute Gasteiger partial charge is 0.0612 e. The fourth-order valence-electron chi connectivity index (χ4n) is 1.01. The van der Waals surface area contributed by atoms with Crippen molar-refractivity contribution in [2.24, 2.45) is 5.92 Å². The molecule has 0 rings (SSSR count). The van der Waals surface area contributed by atoms with Crippen LogP contribution in [0.3, 0.4) is 0 Å². The van der Waals surface area contributed by atoms with Gasteiger partial charge in [0, 0.05) is 0 Å². The molecule has 0 aromatic heterocycles. The summed E-state index contributed by atoms with van der Waals surface area (Å²) in [5.41, 5.74) is 0. The highest BCUT2D eigenvalue weighted by atomic mass is 16.2. The zero-order valence-electron chi connectivity index (χ0n) is 7.71. The molecular formula is C10H20O. The Hall–Kier alpha value is -0.300. The van der Waals surface area contributed by atoms with Crippen LogP contribution in [0.5, 0.6) is 0 Å². The second kappa shape index (κ2) is 7.80. The lowest BCUT2D eigenvalue weighted by molar-refractivity contribution is 0.342. The number of hydrogen-bond donors (Lipinski definition) is 1. The zero-order chi connectivity index (χ0) is 8.53. The predicted molar refractivity (Wildman–Crippen MR) is 49.5 cm³/mol. The van der Waals surface area contributed by atoms with Gasteiger partial charge in [-0.25, -0.2) is 0 Å². The minimum absolute atomic E-state index is 0.185. The van der Waals surface area contributed by atoms with Gasteiger partial charge < -0.3 is 5.11 Å². The maximum atomic E-state index is 8.42. The zero-order valence-corrected chi connectivity index (χ0v) is 7.71. The highest BCUT2D eigenvalue weighted by molar-refractivity contribution is 4.80. The van der Waals surface area contributed by atoms with E-state index in [0.717, 1.165) is 12.3 Å². The first-order valence-corrected chi connectivity index (χ1v) is 4.53. The molecule has 1 heteroatoms. The van der Waals surface area contributed by atoms with E-state index in [1.165, 1.54) is 19.3 Å². The highest BCUT2D eigenvalue weighted by Crippen LogP contribution is 2.07. The van der Waals surface area contributed by atoms with Gasteiger partial charge in [-0.3, -0.25) is 0 Å². The molecule has 0 aliphatic carbocycles. The molecule has 0 aromatic carbocycles. The SMILES string of the molecule is CC(C)CCCC/C=C\CO. The lowest BCUT2D eigenvalue weighted by atomic mass is 10.1. The molecule has 0 atom stereocenters. The van der Waals surface area contributed by atoms with E-state index in [0.29, 0.717) is 0 Å². The van der Waals surface area contributed by atoms with Gasteiger partial charge in [0.2, 0.25) is 0 Å². The van der Waals surface area contributed by atoms with Crippen LogP contribution in [0.25, 0.3) is 0 Å². The maximum absolute atomic E-state index is 8.42. The largest absolute Gasteiger partial charge is 0.392 e. The third kappa shape index (κ3) is 9.70. The Morgan fingerprint density at radius 1 is 1.18 bits per heavy atom. The van der Waals surface area contributed by atoms with Crippen LogP contribution in [0.1, 0.15) is 39.5 Å². The van der Waals surface area contributed by atoms with Crippen LogP contribution in [0.4, 0.5) is 0 Å². The monoisotopic (exact) mass is 156 g/mol. The molecule has 11 heavy (non-hydrogen) atoms. The number of aliphatic hydroxyl groups excluding tert-OH is 1. The molecule has 0 saturated heterocycles. The second-order valence-corrected chi connectivity index (χ2v) is 3.33. The third-order valence-electron chi connectivity index (χ3n) is 1.67. The molecule has 0 bridgehead atoms. The van der Waals surface area contributed by atoms with Crippen molar-refractivity contribution in [3.05, 3.63) is 12.2 Å². The van der Waals surface area contributed by atoms with E-state index < -0.39 is 0 Å². The van der Waals surface area contributed by atoms with Crippen LogP contribution in [-0.2, 0) is 0 Å². The summed E-state index contributed by atoms with van der Waals surface area (Å²) in [6.07, 6.45) is 8.89. The van der Waals surface area contributed by atoms with Gasteiger partial charge in [0.05, 0.1) is 6.61 Å². The van der Waals surface area contributed by atoms with Gasteiger partial charge in [0.25, 0.3) is 0 Å². The standard InChI is InChI=1S/C10H20O/c1-10(2)8-6-4-3-5-7-9-11/h5,7,10-11H,3-4,6,8-9H2,1-2H3/b7-5-. The van der Waals surface area contributed by atoms with E-state index in [2.05, 4.69) is 19.9 Å². The Morgan fingerprint density at radius 2 is 1.91 bits per heavy atom. The topological polar surface area (TPSA) is 20.2 Å². The Bertz CT molecular complexity index is 95.0. The van der Waals surface area contributed by atoms with E-state index in [1.54, 1.807) is 0 Å². The number of aliphatic hydroxyl groups is 1. The fraction of sp³-hybridized carbons (Fsp3) is 0.800. The van der Waals surface area contributed by atoms with Crippen molar-refractivity contribution in [3.8, 4) is 0 Å². The molecule has 0 aliphatic heterocycles. The first-order chi connectivity index (χ1) is 5.27. The first kappa shape index (κ1) is 10.7. The van der Waals surface area contributed by atoms with E-state index in [4.69, 9.17) is 5.11 Å². The Morgan fingerprint density at radius 3 is 2.45 bits per heavy atom. The van der Waals surface area contributed by atoms with Crippen LogP contribution < -0.4 is 0 Å². The summed E-state index contributed by atoms with van der Waals surface area (Å²) < 4.78 is 0. The summed E-state index contributed by atoms with van der Waals surface area (Å²) in [6, 6.07) is 0. The van der Waals surface area contributed by atoms with Crippen LogP contribution in [-0.4, -0.2) is 11.7 Å². The summed E-state index contributed by atoms with van der Waals surface area (Å²) in [5.74, 6) is 0.830. The Labute approximate surface area is 70.1 Å². The molecule has 0 aliphatic rings. The van der Waals surface area contributed by atoms with Gasteiger partial charge in [0.1, 0.15) is 0 Å². The van der Waals surface area contributed by atoms with Crippen LogP contribution in [0, 0.1) is 5.92 Å². The van der Waals surface area contributed by atoms with Gasteiger partial charge in [-0.1, -0.05) is 38.8 Å². The van der Waals surface area contributed by atoms with Crippen LogP contribution in [0.2, 0.25) is 0 Å². The molecule has 0 aromatic rings. The van der Waals surface area contributed by atoms with Gasteiger partial charge in [-0.05, 0) is 18.8 Å². The summed E-state index contributed by atoms with van der Waals surface area (Å²) >= 11 is 0. The molecule has 1 nitrogen and oxygen atoms in total. The molecule has 0 amide bonds. The van der Waals surface area contributed by atoms with Crippen molar-refractivity contribution in [1.82, 2.24) is 0 Å². The average Bonchev–Trinajstić information content (AvgIpc) is 1.96. The van der Waals surface area contributed by atoms with E-state index in [9.17, 15) is 0 Å². The minimum Gasteiger partial charge on any atom is -0.392 e. The van der Waals surface area contributed by atoms with Gasteiger partial charge >= 0.3 is 0 Å². The van der Waals surface area contributed by atoms with Gasteiger partial charge in [0.15, 0.2) is 0 Å². The Kier molecular flexibility index (Phi) is 7.59. The average molecular weight is 156 g/mol. The van der Waals surface area contributed by atoms with Crippen molar-refractivity contribution in [3.63, 3.8) is 0 Å². The molecule has 0 unspecified atom stereocenters. The van der Waals surface area contributed by atoms with E-state index in [-0.39, 0.29) is 6.61 Å². The molecule has 66 valence electrons. The molecule has 0 saturated carbocycles. The molecule has 0 heterocycles. The van der Waals surface area contributed by atoms with Crippen LogP contribution >= 0.6 is 0 Å². The van der Waals surface area contributed by atoms with Crippen molar-refractivity contribution in [1.29, 1.82) is 0 Å². The molecular weight excluding hydrogens is 136 g/mol. The van der Waals surface area contributed by atoms with Crippen molar-refractivity contribution in [2.75, 3.05) is 6.61 Å². The van der Waals surface area contributed by atoms with Crippen LogP contribution in [0.15, 0.2) is 12.2 Å². The number of unbranched alkanes of at least 4 members (excludes halogenated alkanes) is 2. The summed E-state index contributed by atoms with van der Waals surface area (Å²) in [4.78, 5) is 0. The van der Waals surface area contributed by atoms with Gasteiger partial charge in [-0.2, -0.15) is 0 Å². The fourth-order valence-corrected chi connectivity index (χ4v) is 1.01. The molecule has 0 radical (unpaired) electrons. The number of allylic oxidation sites excluding steroid dienone is 1. The van der Waals surface area contributed by atoms with E-state index >= 15 is 0 Å². The molecule has 1 N–H and O–H groups in total. The van der Waals surface area contributed by atoms with Crippen molar-refractivity contribution in [2.45, 2.75) is 39.5 Å². The summed E-state index contributed by atoms with van der Waals surface area (Å²) in [7, 11) is 0. The normalized spacial score (nSPS) is 11.6. The number of hydrogen-bond acceptors (Lipinski definition) is 1. The predicted octanol–water partition coefficient (Wildman–Crippen LogP) is 2.75.